The maximum Gasteiger partial charge on any atom is 0.256 e. The van der Waals surface area contributed by atoms with Crippen LogP contribution in [0.25, 0.3) is 11.6 Å². The lowest BCUT2D eigenvalue weighted by Crippen LogP contribution is -2.35. The first-order valence-electron chi connectivity index (χ1n) is 15.9. The van der Waals surface area contributed by atoms with E-state index in [9.17, 15) is 9.59 Å². The maximum atomic E-state index is 13.0. The van der Waals surface area contributed by atoms with Gasteiger partial charge in [-0.05, 0) is 91.1 Å². The van der Waals surface area contributed by atoms with Gasteiger partial charge < -0.3 is 14.4 Å². The Hall–Kier alpha value is -4.97. The molecule has 1 atom stereocenters. The zero-order valence-corrected chi connectivity index (χ0v) is 25.5. The third kappa shape index (κ3) is 5.80. The molecule has 3 aliphatic rings. The molecule has 6 heteroatoms. The second-order valence-electron chi connectivity index (χ2n) is 11.9. The van der Waals surface area contributed by atoms with Crippen LogP contribution >= 0.6 is 0 Å². The van der Waals surface area contributed by atoms with E-state index in [1.54, 1.807) is 0 Å². The van der Waals surface area contributed by atoms with E-state index in [4.69, 9.17) is 9.47 Å². The van der Waals surface area contributed by atoms with Crippen molar-refractivity contribution in [3.05, 3.63) is 124 Å². The van der Waals surface area contributed by atoms with Gasteiger partial charge in [-0.3, -0.25) is 14.6 Å². The number of ketones is 1. The molecule has 7 rings (SSSR count). The van der Waals surface area contributed by atoms with Crippen LogP contribution in [-0.2, 0) is 0 Å². The Balaban J connectivity index is 0.904. The highest BCUT2D eigenvalue weighted by Crippen LogP contribution is 2.37. The van der Waals surface area contributed by atoms with E-state index >= 15 is 0 Å². The number of fused-ring (bicyclic) bond motifs is 4. The van der Waals surface area contributed by atoms with E-state index < -0.39 is 0 Å². The molecule has 1 aliphatic carbocycles. The number of hydrogen-bond acceptors (Lipinski definition) is 5. The fraction of sp³-hybridized carbons (Fsp3) is 0.256. The first kappa shape index (κ1) is 28.8. The molecular formula is C39H36N2O4. The van der Waals surface area contributed by atoms with Gasteiger partial charge in [-0.1, -0.05) is 60.7 Å². The predicted molar refractivity (Wildman–Crippen MR) is 178 cm³/mol. The summed E-state index contributed by atoms with van der Waals surface area (Å²) in [5, 5.41) is 0. The molecule has 4 aromatic carbocycles. The minimum atomic E-state index is 0.0739. The average Bonchev–Trinajstić information content (AvgIpc) is 3.50. The van der Waals surface area contributed by atoms with Crippen LogP contribution in [-0.4, -0.2) is 48.6 Å². The van der Waals surface area contributed by atoms with E-state index in [0.717, 1.165) is 89.1 Å². The van der Waals surface area contributed by atoms with Crippen molar-refractivity contribution in [2.45, 2.75) is 45.1 Å². The number of benzene rings is 4. The summed E-state index contributed by atoms with van der Waals surface area (Å²) >= 11 is 0. The highest BCUT2D eigenvalue weighted by atomic mass is 16.5. The van der Waals surface area contributed by atoms with Crippen molar-refractivity contribution in [3.8, 4) is 11.5 Å². The minimum Gasteiger partial charge on any atom is -0.494 e. The second kappa shape index (κ2) is 12.6. The standard InChI is InChI=1S/C39H36N2O4/c1-26-22-35-36(40-25-28-10-9-19-41(28)39(35)43)24-37(26)45-21-8-2-7-20-44-29-17-15-27(16-18-29)23-34-30-11-3-5-13-32(30)38(42)33-14-6-4-12-31(33)34/h3-6,11-18,22-25,28H,2,7-10,19-21H2,1H3/t28-/m0/s1. The van der Waals surface area contributed by atoms with Crippen LogP contribution in [0.3, 0.4) is 0 Å². The van der Waals surface area contributed by atoms with Gasteiger partial charge >= 0.3 is 0 Å². The summed E-state index contributed by atoms with van der Waals surface area (Å²) in [6.45, 7) is 4.03. The number of nitrogens with zero attached hydrogens (tertiary/aromatic N) is 2. The Morgan fingerprint density at radius 3 is 2.18 bits per heavy atom. The summed E-state index contributed by atoms with van der Waals surface area (Å²) in [7, 11) is 0. The van der Waals surface area contributed by atoms with Crippen LogP contribution in [0.1, 0.15) is 80.6 Å². The summed E-state index contributed by atoms with van der Waals surface area (Å²) in [5.41, 5.74) is 7.86. The summed E-state index contributed by atoms with van der Waals surface area (Å²) in [5.74, 6) is 1.78. The Morgan fingerprint density at radius 2 is 1.47 bits per heavy atom. The monoisotopic (exact) mass is 596 g/mol. The molecule has 1 amide bonds. The van der Waals surface area contributed by atoms with Crippen molar-refractivity contribution < 1.29 is 19.1 Å². The van der Waals surface area contributed by atoms with Crippen molar-refractivity contribution in [1.82, 2.24) is 4.90 Å². The summed E-state index contributed by atoms with van der Waals surface area (Å²) < 4.78 is 12.1. The van der Waals surface area contributed by atoms with Gasteiger partial charge in [0.05, 0.1) is 30.5 Å². The fourth-order valence-corrected chi connectivity index (χ4v) is 6.49. The molecule has 6 nitrogen and oxygen atoms in total. The first-order valence-corrected chi connectivity index (χ1v) is 15.9. The molecule has 1 saturated heterocycles. The van der Waals surface area contributed by atoms with E-state index in [1.807, 2.05) is 90.8 Å². The molecule has 0 bridgehead atoms. The lowest BCUT2D eigenvalue weighted by Gasteiger charge is -2.21. The largest absolute Gasteiger partial charge is 0.494 e. The number of hydrogen-bond donors (Lipinski definition) is 0. The van der Waals surface area contributed by atoms with E-state index in [0.29, 0.717) is 24.5 Å². The Bertz CT molecular complexity index is 1770. The third-order valence-corrected chi connectivity index (χ3v) is 8.90. The lowest BCUT2D eigenvalue weighted by molar-refractivity contribution is 0.0774. The molecule has 0 aromatic heterocycles. The average molecular weight is 597 g/mol. The predicted octanol–water partition coefficient (Wildman–Crippen LogP) is 8.08. The number of aliphatic imine (C=N–C) groups is 1. The highest BCUT2D eigenvalue weighted by Gasteiger charge is 2.32. The van der Waals surface area contributed by atoms with E-state index in [1.165, 1.54) is 0 Å². The Kier molecular flexibility index (Phi) is 8.04. The summed E-state index contributed by atoms with van der Waals surface area (Å²) in [6.07, 6.45) is 8.90. The van der Waals surface area contributed by atoms with Crippen LogP contribution in [0.2, 0.25) is 0 Å². The second-order valence-corrected chi connectivity index (χ2v) is 11.9. The van der Waals surface area contributed by atoms with Crippen LogP contribution < -0.4 is 9.47 Å². The maximum absolute atomic E-state index is 13.0. The minimum absolute atomic E-state index is 0.0739. The normalized spacial score (nSPS) is 16.4. The van der Waals surface area contributed by atoms with Crippen LogP contribution in [0.4, 0.5) is 5.69 Å². The van der Waals surface area contributed by atoms with Gasteiger partial charge in [0.25, 0.3) is 5.91 Å². The molecule has 0 spiro atoms. The van der Waals surface area contributed by atoms with Gasteiger partial charge in [-0.2, -0.15) is 0 Å². The number of aryl methyl sites for hydroxylation is 1. The Morgan fingerprint density at radius 1 is 0.800 bits per heavy atom. The zero-order chi connectivity index (χ0) is 30.8. The van der Waals surface area contributed by atoms with Gasteiger partial charge in [0.1, 0.15) is 11.5 Å². The summed E-state index contributed by atoms with van der Waals surface area (Å²) in [6, 6.07) is 27.7. The van der Waals surface area contributed by atoms with Crippen LogP contribution in [0.5, 0.6) is 11.5 Å². The number of carbonyl (C=O) groups excluding carboxylic acids is 2. The molecule has 0 unspecified atom stereocenters. The molecular weight excluding hydrogens is 560 g/mol. The van der Waals surface area contributed by atoms with Gasteiger partial charge in [-0.15, -0.1) is 0 Å². The topological polar surface area (TPSA) is 68.2 Å². The van der Waals surface area contributed by atoms with E-state index in [-0.39, 0.29) is 17.7 Å². The summed E-state index contributed by atoms with van der Waals surface area (Å²) in [4.78, 5) is 32.6. The number of ether oxygens (including phenoxy) is 2. The van der Waals surface area contributed by atoms with Crippen molar-refractivity contribution in [2.24, 2.45) is 4.99 Å². The molecule has 0 radical (unpaired) electrons. The molecule has 0 saturated carbocycles. The lowest BCUT2D eigenvalue weighted by atomic mass is 9.81. The molecule has 4 aromatic rings. The number of amides is 1. The number of carbonyl (C=O) groups is 2. The SMILES string of the molecule is Cc1cc2c(cc1OCCCCCOc1ccc(C=C3c4ccccc4C(=O)c4ccccc43)cc1)N=C[C@@H]1CCCN1C2=O. The first-order chi connectivity index (χ1) is 22.1. The Labute approximate surface area is 264 Å². The molecule has 2 heterocycles. The smallest absolute Gasteiger partial charge is 0.256 e. The van der Waals surface area contributed by atoms with Crippen LogP contribution in [0.15, 0.2) is 89.9 Å². The molecule has 226 valence electrons. The van der Waals surface area contributed by atoms with Gasteiger partial charge in [0.15, 0.2) is 5.78 Å². The number of unbranched alkanes of at least 4 members (excludes halogenated alkanes) is 2. The highest BCUT2D eigenvalue weighted by molar-refractivity contribution is 6.20. The molecule has 45 heavy (non-hydrogen) atoms. The zero-order valence-electron chi connectivity index (χ0n) is 25.5. The molecule has 1 fully saturated rings. The van der Waals surface area contributed by atoms with Gasteiger partial charge in [-0.25, -0.2) is 0 Å². The third-order valence-electron chi connectivity index (χ3n) is 8.90. The van der Waals surface area contributed by atoms with Gasteiger partial charge in [0, 0.05) is 30.0 Å². The van der Waals surface area contributed by atoms with Crippen molar-refractivity contribution in [2.75, 3.05) is 19.8 Å². The fourth-order valence-electron chi connectivity index (χ4n) is 6.49. The number of rotatable bonds is 9. The van der Waals surface area contributed by atoms with Crippen molar-refractivity contribution in [3.63, 3.8) is 0 Å². The van der Waals surface area contributed by atoms with Crippen molar-refractivity contribution >= 4 is 35.2 Å². The van der Waals surface area contributed by atoms with Crippen molar-refractivity contribution in [1.29, 1.82) is 0 Å². The molecule has 0 N–H and O–H groups in total. The molecule has 2 aliphatic heterocycles. The van der Waals surface area contributed by atoms with Gasteiger partial charge in [0.2, 0.25) is 0 Å². The quantitative estimate of drug-likeness (QED) is 0.161. The van der Waals surface area contributed by atoms with Crippen LogP contribution in [0, 0.1) is 6.92 Å². The van der Waals surface area contributed by atoms with E-state index in [2.05, 4.69) is 23.2 Å².